The summed E-state index contributed by atoms with van der Waals surface area (Å²) in [5, 5.41) is 2.76. The zero-order valence-corrected chi connectivity index (χ0v) is 16.0. The number of nitrogens with zero attached hydrogens (tertiary/aromatic N) is 2. The van der Waals surface area contributed by atoms with Gasteiger partial charge in [0.2, 0.25) is 12.7 Å². The number of hydrogen-bond acceptors (Lipinski definition) is 5. The van der Waals surface area contributed by atoms with Gasteiger partial charge >= 0.3 is 6.03 Å². The summed E-state index contributed by atoms with van der Waals surface area (Å²) in [4.78, 5) is 40.8. The normalized spacial score (nSPS) is 24.3. The highest BCUT2D eigenvalue weighted by Gasteiger charge is 2.48. The van der Waals surface area contributed by atoms with Crippen molar-refractivity contribution in [2.24, 2.45) is 0 Å². The first-order valence-corrected chi connectivity index (χ1v) is 9.77. The quantitative estimate of drug-likeness (QED) is 0.794. The first-order valence-electron chi connectivity index (χ1n) is 9.77. The summed E-state index contributed by atoms with van der Waals surface area (Å²) >= 11 is 0. The van der Waals surface area contributed by atoms with Crippen LogP contribution in [0.1, 0.15) is 38.2 Å². The molecule has 1 aromatic rings. The number of ether oxygens (including phenoxy) is 2. The van der Waals surface area contributed by atoms with Gasteiger partial charge in [0.1, 0.15) is 12.1 Å². The maximum absolute atomic E-state index is 13.0. The first kappa shape index (κ1) is 18.6. The second-order valence-electron chi connectivity index (χ2n) is 7.81. The van der Waals surface area contributed by atoms with E-state index in [9.17, 15) is 14.4 Å². The number of hydrogen-bond donors (Lipinski definition) is 1. The highest BCUT2D eigenvalue weighted by molar-refractivity contribution is 6.08. The predicted octanol–water partition coefficient (Wildman–Crippen LogP) is 1.67. The molecule has 2 saturated heterocycles. The van der Waals surface area contributed by atoms with Crippen LogP contribution in [0.25, 0.3) is 0 Å². The highest BCUT2D eigenvalue weighted by atomic mass is 16.7. The van der Waals surface area contributed by atoms with Gasteiger partial charge < -0.3 is 19.7 Å². The number of carbonyl (C=O) groups is 3. The Kier molecular flexibility index (Phi) is 4.87. The van der Waals surface area contributed by atoms with Crippen LogP contribution in [0.3, 0.4) is 0 Å². The Morgan fingerprint density at radius 1 is 1.11 bits per heavy atom. The molecule has 1 unspecified atom stereocenters. The Hall–Kier alpha value is -2.77. The lowest BCUT2D eigenvalue weighted by Gasteiger charge is -2.24. The Balaban J connectivity index is 1.44. The summed E-state index contributed by atoms with van der Waals surface area (Å²) in [5.74, 6) is 0.752. The summed E-state index contributed by atoms with van der Waals surface area (Å²) in [7, 11) is 0. The number of carbonyl (C=O) groups excluding carboxylic acids is 3. The predicted molar refractivity (Wildman–Crippen MR) is 100.0 cm³/mol. The topological polar surface area (TPSA) is 88.2 Å². The fraction of sp³-hybridized carbons (Fsp3) is 0.550. The van der Waals surface area contributed by atoms with Crippen molar-refractivity contribution in [3.05, 3.63) is 23.8 Å². The molecule has 1 aromatic carbocycles. The third-order valence-electron chi connectivity index (χ3n) is 5.59. The maximum atomic E-state index is 13.0. The molecule has 3 aliphatic rings. The number of imide groups is 1. The molecule has 150 valence electrons. The lowest BCUT2D eigenvalue weighted by Crippen LogP contribution is -2.47. The van der Waals surface area contributed by atoms with Gasteiger partial charge in [-0.15, -0.1) is 0 Å². The van der Waals surface area contributed by atoms with Gasteiger partial charge in [-0.25, -0.2) is 4.79 Å². The molecule has 8 heteroatoms. The number of amides is 4. The van der Waals surface area contributed by atoms with Gasteiger partial charge in [0.25, 0.3) is 5.91 Å². The molecule has 0 aliphatic carbocycles. The Labute approximate surface area is 163 Å². The van der Waals surface area contributed by atoms with E-state index < -0.39 is 11.6 Å². The number of nitrogens with one attached hydrogen (secondary N) is 1. The number of rotatable bonds is 4. The van der Waals surface area contributed by atoms with Crippen molar-refractivity contribution in [2.45, 2.75) is 44.6 Å². The number of likely N-dealkylation sites (tertiary alicyclic amines) is 1. The molecule has 3 aliphatic heterocycles. The Morgan fingerprint density at radius 3 is 2.57 bits per heavy atom. The molecule has 2 fully saturated rings. The second-order valence-corrected chi connectivity index (χ2v) is 7.81. The van der Waals surface area contributed by atoms with Crippen LogP contribution in [0.5, 0.6) is 11.5 Å². The van der Waals surface area contributed by atoms with E-state index in [1.807, 2.05) is 12.1 Å². The minimum atomic E-state index is -1.09. The van der Waals surface area contributed by atoms with Crippen molar-refractivity contribution in [3.63, 3.8) is 0 Å². The SMILES string of the molecule is CC1(Cc2ccc3c(c2)OCO3)NC(=O)N(CC(=O)N2CCCCCC2)C1=O. The minimum Gasteiger partial charge on any atom is -0.454 e. The van der Waals surface area contributed by atoms with Gasteiger partial charge in [0.05, 0.1) is 0 Å². The van der Waals surface area contributed by atoms with Gasteiger partial charge in [-0.2, -0.15) is 0 Å². The zero-order valence-electron chi connectivity index (χ0n) is 16.0. The molecule has 0 bridgehead atoms. The van der Waals surface area contributed by atoms with Crippen LogP contribution in [0, 0.1) is 0 Å². The molecule has 1 atom stereocenters. The molecular formula is C20H25N3O5. The van der Waals surface area contributed by atoms with Crippen LogP contribution in [0.15, 0.2) is 18.2 Å². The van der Waals surface area contributed by atoms with Crippen LogP contribution >= 0.6 is 0 Å². The van der Waals surface area contributed by atoms with Crippen LogP contribution < -0.4 is 14.8 Å². The van der Waals surface area contributed by atoms with Crippen LogP contribution in [0.2, 0.25) is 0 Å². The van der Waals surface area contributed by atoms with Crippen molar-refractivity contribution >= 4 is 17.8 Å². The maximum Gasteiger partial charge on any atom is 0.325 e. The summed E-state index contributed by atoms with van der Waals surface area (Å²) in [5.41, 5.74) is -0.245. The fourth-order valence-electron chi connectivity index (χ4n) is 4.02. The molecule has 4 amide bonds. The van der Waals surface area contributed by atoms with Gasteiger partial charge in [-0.05, 0) is 37.5 Å². The fourth-order valence-corrected chi connectivity index (χ4v) is 4.02. The monoisotopic (exact) mass is 387 g/mol. The standard InChI is InChI=1S/C20H25N3O5/c1-20(11-14-6-7-15-16(10-14)28-13-27-15)18(25)23(19(26)21-20)12-17(24)22-8-4-2-3-5-9-22/h6-7,10H,2-5,8-9,11-13H2,1H3,(H,21,26). The molecule has 28 heavy (non-hydrogen) atoms. The Morgan fingerprint density at radius 2 is 1.82 bits per heavy atom. The van der Waals surface area contributed by atoms with Crippen molar-refractivity contribution in [2.75, 3.05) is 26.4 Å². The van der Waals surface area contributed by atoms with E-state index in [0.717, 1.165) is 36.1 Å². The largest absolute Gasteiger partial charge is 0.454 e. The number of urea groups is 1. The average Bonchev–Trinajstić information content (AvgIpc) is 3.06. The van der Waals surface area contributed by atoms with E-state index in [-0.39, 0.29) is 25.2 Å². The molecule has 0 radical (unpaired) electrons. The third-order valence-corrected chi connectivity index (χ3v) is 5.59. The van der Waals surface area contributed by atoms with Crippen molar-refractivity contribution in [3.8, 4) is 11.5 Å². The molecule has 0 spiro atoms. The molecule has 8 nitrogen and oxygen atoms in total. The van der Waals surface area contributed by atoms with E-state index in [0.29, 0.717) is 31.0 Å². The van der Waals surface area contributed by atoms with E-state index in [4.69, 9.17) is 9.47 Å². The van der Waals surface area contributed by atoms with E-state index in [1.165, 1.54) is 0 Å². The first-order chi connectivity index (χ1) is 13.5. The molecular weight excluding hydrogens is 362 g/mol. The van der Waals surface area contributed by atoms with Gasteiger partial charge in [0.15, 0.2) is 11.5 Å². The summed E-state index contributed by atoms with van der Waals surface area (Å²) < 4.78 is 10.7. The summed E-state index contributed by atoms with van der Waals surface area (Å²) in [6.45, 7) is 3.04. The van der Waals surface area contributed by atoms with Crippen molar-refractivity contribution < 1.29 is 23.9 Å². The van der Waals surface area contributed by atoms with Gasteiger partial charge in [0, 0.05) is 19.5 Å². The summed E-state index contributed by atoms with van der Waals surface area (Å²) in [6.07, 6.45) is 4.46. The molecule has 3 heterocycles. The highest BCUT2D eigenvalue weighted by Crippen LogP contribution is 2.34. The molecule has 0 aromatic heterocycles. The summed E-state index contributed by atoms with van der Waals surface area (Å²) in [6, 6.07) is 4.95. The van der Waals surface area contributed by atoms with Crippen LogP contribution in [0.4, 0.5) is 4.79 Å². The van der Waals surface area contributed by atoms with E-state index >= 15 is 0 Å². The second kappa shape index (κ2) is 7.33. The van der Waals surface area contributed by atoms with Gasteiger partial charge in [-0.3, -0.25) is 14.5 Å². The number of fused-ring (bicyclic) bond motifs is 1. The zero-order chi connectivity index (χ0) is 19.7. The average molecular weight is 387 g/mol. The minimum absolute atomic E-state index is 0.169. The van der Waals surface area contributed by atoms with E-state index in [2.05, 4.69) is 5.32 Å². The van der Waals surface area contributed by atoms with Crippen LogP contribution in [-0.4, -0.2) is 59.6 Å². The molecule has 4 rings (SSSR count). The van der Waals surface area contributed by atoms with Crippen LogP contribution in [-0.2, 0) is 16.0 Å². The molecule has 0 saturated carbocycles. The lowest BCUT2D eigenvalue weighted by atomic mass is 9.92. The Bertz CT molecular complexity index is 803. The molecule has 1 N–H and O–H groups in total. The number of benzene rings is 1. The van der Waals surface area contributed by atoms with Crippen molar-refractivity contribution in [1.82, 2.24) is 15.1 Å². The van der Waals surface area contributed by atoms with E-state index in [1.54, 1.807) is 17.9 Å². The van der Waals surface area contributed by atoms with Gasteiger partial charge in [-0.1, -0.05) is 18.9 Å². The third kappa shape index (κ3) is 3.50. The smallest absolute Gasteiger partial charge is 0.325 e. The van der Waals surface area contributed by atoms with Crippen molar-refractivity contribution in [1.29, 1.82) is 0 Å². The lowest BCUT2D eigenvalue weighted by molar-refractivity contribution is -0.138.